The molecule has 2 aromatic rings. The Hall–Kier alpha value is -2.23. The summed E-state index contributed by atoms with van der Waals surface area (Å²) in [6, 6.07) is 13.6. The highest BCUT2D eigenvalue weighted by Crippen LogP contribution is 2.41. The summed E-state index contributed by atoms with van der Waals surface area (Å²) >= 11 is 0. The molecule has 1 fully saturated rings. The van der Waals surface area contributed by atoms with E-state index in [0.29, 0.717) is 18.5 Å². The highest BCUT2D eigenvalue weighted by Gasteiger charge is 2.52. The van der Waals surface area contributed by atoms with Gasteiger partial charge in [-0.2, -0.15) is 4.31 Å². The summed E-state index contributed by atoms with van der Waals surface area (Å²) in [4.78, 5) is 13.5. The third-order valence-electron chi connectivity index (χ3n) is 5.91. The molecule has 31 heavy (non-hydrogen) atoms. The molecule has 9 heteroatoms. The summed E-state index contributed by atoms with van der Waals surface area (Å²) in [5.74, 6) is -0.580. The Bertz CT molecular complexity index is 1140. The number of nitrogens with zero attached hydrogens (tertiary/aromatic N) is 1. The van der Waals surface area contributed by atoms with Gasteiger partial charge in [-0.15, -0.1) is 0 Å². The van der Waals surface area contributed by atoms with Crippen molar-refractivity contribution in [2.24, 2.45) is 0 Å². The van der Waals surface area contributed by atoms with Crippen molar-refractivity contribution in [2.75, 3.05) is 12.4 Å². The topological polar surface area (TPSA) is 101 Å². The summed E-state index contributed by atoms with van der Waals surface area (Å²) < 4.78 is 51.7. The van der Waals surface area contributed by atoms with Crippen LogP contribution in [0.25, 0.3) is 0 Å². The number of carbonyl (C=O) groups excluding carboxylic acids is 1. The fourth-order valence-electron chi connectivity index (χ4n) is 3.79. The molecule has 0 saturated heterocycles. The van der Waals surface area contributed by atoms with Crippen LogP contribution in [-0.4, -0.2) is 44.9 Å². The Kier molecular flexibility index (Phi) is 6.59. The van der Waals surface area contributed by atoms with Crippen LogP contribution in [0.15, 0.2) is 64.4 Å². The van der Waals surface area contributed by atoms with Crippen molar-refractivity contribution in [1.29, 1.82) is 0 Å². The predicted molar refractivity (Wildman–Crippen MR) is 120 cm³/mol. The Morgan fingerprint density at radius 2 is 1.45 bits per heavy atom. The monoisotopic (exact) mass is 464 g/mol. The van der Waals surface area contributed by atoms with Gasteiger partial charge in [-0.1, -0.05) is 31.0 Å². The fourth-order valence-corrected chi connectivity index (χ4v) is 7.24. The van der Waals surface area contributed by atoms with Gasteiger partial charge < -0.3 is 5.32 Å². The summed E-state index contributed by atoms with van der Waals surface area (Å²) in [5.41, 5.74) is 0.352. The second-order valence-corrected chi connectivity index (χ2v) is 12.4. The normalized spacial score (nSPS) is 16.5. The zero-order chi connectivity index (χ0) is 22.9. The zero-order valence-electron chi connectivity index (χ0n) is 17.9. The van der Waals surface area contributed by atoms with Crippen molar-refractivity contribution in [3.8, 4) is 0 Å². The predicted octanol–water partition coefficient (Wildman–Crippen LogP) is 3.44. The number of hydrogen-bond donors (Lipinski definition) is 1. The second kappa shape index (κ2) is 8.72. The lowest BCUT2D eigenvalue weighted by atomic mass is 10.1. The van der Waals surface area contributed by atoms with E-state index in [1.807, 2.05) is 0 Å². The van der Waals surface area contributed by atoms with E-state index >= 15 is 0 Å². The number of rotatable bonds is 7. The van der Waals surface area contributed by atoms with Crippen LogP contribution in [0.1, 0.15) is 39.5 Å². The van der Waals surface area contributed by atoms with Gasteiger partial charge in [-0.05, 0) is 63.1 Å². The van der Waals surface area contributed by atoms with Crippen LogP contribution in [0, 0.1) is 0 Å². The van der Waals surface area contributed by atoms with Crippen molar-refractivity contribution in [3.05, 3.63) is 54.6 Å². The number of benzene rings is 2. The largest absolute Gasteiger partial charge is 0.325 e. The van der Waals surface area contributed by atoms with E-state index < -0.39 is 30.5 Å². The Balaban J connectivity index is 1.88. The quantitative estimate of drug-likeness (QED) is 0.676. The van der Waals surface area contributed by atoms with Crippen LogP contribution in [0.5, 0.6) is 0 Å². The number of amides is 1. The maximum atomic E-state index is 13.4. The maximum Gasteiger partial charge on any atom is 0.246 e. The molecule has 168 valence electrons. The van der Waals surface area contributed by atoms with Crippen molar-refractivity contribution in [2.45, 2.75) is 60.1 Å². The lowest BCUT2D eigenvalue weighted by Crippen LogP contribution is -2.47. The highest BCUT2D eigenvalue weighted by molar-refractivity contribution is 7.93. The molecule has 0 unspecified atom stereocenters. The second-order valence-electron chi connectivity index (χ2n) is 8.11. The lowest BCUT2D eigenvalue weighted by molar-refractivity contribution is -0.118. The molecule has 1 saturated carbocycles. The minimum absolute atomic E-state index is 0.106. The van der Waals surface area contributed by atoms with Crippen molar-refractivity contribution in [1.82, 2.24) is 4.31 Å². The maximum absolute atomic E-state index is 13.4. The van der Waals surface area contributed by atoms with Gasteiger partial charge >= 0.3 is 0 Å². The number of sulfonamides is 1. The third-order valence-corrected chi connectivity index (χ3v) is 10.5. The Morgan fingerprint density at radius 1 is 0.903 bits per heavy atom. The minimum atomic E-state index is -3.89. The molecule has 0 aromatic heterocycles. The van der Waals surface area contributed by atoms with E-state index in [1.165, 1.54) is 47.8 Å². The molecular weight excluding hydrogens is 436 g/mol. The van der Waals surface area contributed by atoms with Gasteiger partial charge in [-0.25, -0.2) is 16.8 Å². The molecule has 1 aliphatic rings. The summed E-state index contributed by atoms with van der Waals surface area (Å²) in [7, 11) is -6.02. The van der Waals surface area contributed by atoms with Gasteiger partial charge in [0.1, 0.15) is 0 Å². The molecule has 0 heterocycles. The molecule has 1 aliphatic carbocycles. The average molecular weight is 465 g/mol. The first-order chi connectivity index (χ1) is 14.5. The number of hydrogen-bond acceptors (Lipinski definition) is 5. The van der Waals surface area contributed by atoms with E-state index in [2.05, 4.69) is 5.32 Å². The van der Waals surface area contributed by atoms with Crippen molar-refractivity contribution >= 4 is 31.5 Å². The third kappa shape index (κ3) is 4.26. The van der Waals surface area contributed by atoms with Crippen LogP contribution in [0.4, 0.5) is 5.69 Å². The van der Waals surface area contributed by atoms with Crippen molar-refractivity contribution < 1.29 is 21.6 Å². The first-order valence-electron chi connectivity index (χ1n) is 10.2. The number of nitrogens with one attached hydrogen (secondary N) is 1. The van der Waals surface area contributed by atoms with E-state index in [4.69, 9.17) is 0 Å². The van der Waals surface area contributed by atoms with Gasteiger partial charge in [0, 0.05) is 18.8 Å². The standard InChI is InChI=1S/C22H28N2O5S2/c1-17(2)24(3)31(28,29)20-13-11-18(12-14-20)23-21(25)22(15-7-8-16-22)30(26,27)19-9-5-4-6-10-19/h4-6,9-14,17H,7-8,15-16H2,1-3H3,(H,23,25). The first kappa shape index (κ1) is 23.4. The zero-order valence-corrected chi connectivity index (χ0v) is 19.5. The molecule has 1 N–H and O–H groups in total. The average Bonchev–Trinajstić information content (AvgIpc) is 3.26. The van der Waals surface area contributed by atoms with Crippen LogP contribution in [0.2, 0.25) is 0 Å². The molecule has 0 bridgehead atoms. The van der Waals surface area contributed by atoms with Crippen LogP contribution in [0.3, 0.4) is 0 Å². The van der Waals surface area contributed by atoms with E-state index in [0.717, 1.165) is 0 Å². The van der Waals surface area contributed by atoms with E-state index in [-0.39, 0.29) is 28.7 Å². The number of carbonyl (C=O) groups is 1. The molecule has 0 spiro atoms. The molecule has 7 nitrogen and oxygen atoms in total. The molecule has 0 aliphatic heterocycles. The smallest absolute Gasteiger partial charge is 0.246 e. The highest BCUT2D eigenvalue weighted by atomic mass is 32.2. The molecule has 3 rings (SSSR count). The van der Waals surface area contributed by atoms with Crippen LogP contribution < -0.4 is 5.32 Å². The number of anilines is 1. The minimum Gasteiger partial charge on any atom is -0.325 e. The molecule has 1 amide bonds. The Morgan fingerprint density at radius 3 is 1.97 bits per heavy atom. The molecular formula is C22H28N2O5S2. The number of sulfone groups is 1. The molecule has 0 radical (unpaired) electrons. The van der Waals surface area contributed by atoms with Gasteiger partial charge in [-0.3, -0.25) is 4.79 Å². The Labute approximate surface area is 184 Å². The lowest BCUT2D eigenvalue weighted by Gasteiger charge is -2.27. The van der Waals surface area contributed by atoms with Gasteiger partial charge in [0.05, 0.1) is 9.79 Å². The SMILES string of the molecule is CC(C)N(C)S(=O)(=O)c1ccc(NC(=O)C2(S(=O)(=O)c3ccccc3)CCCC2)cc1. The summed E-state index contributed by atoms with van der Waals surface area (Å²) in [6.45, 7) is 3.56. The summed E-state index contributed by atoms with van der Waals surface area (Å²) in [5, 5.41) is 2.70. The van der Waals surface area contributed by atoms with Crippen molar-refractivity contribution in [3.63, 3.8) is 0 Å². The molecule has 2 aromatic carbocycles. The van der Waals surface area contributed by atoms with Gasteiger partial charge in [0.15, 0.2) is 14.6 Å². The first-order valence-corrected chi connectivity index (χ1v) is 13.1. The van der Waals surface area contributed by atoms with Crippen LogP contribution >= 0.6 is 0 Å². The van der Waals surface area contributed by atoms with Gasteiger partial charge in [0.2, 0.25) is 15.9 Å². The van der Waals surface area contributed by atoms with E-state index in [9.17, 15) is 21.6 Å². The van der Waals surface area contributed by atoms with Crippen LogP contribution in [-0.2, 0) is 24.7 Å². The summed E-state index contributed by atoms with van der Waals surface area (Å²) in [6.07, 6.45) is 1.81. The van der Waals surface area contributed by atoms with Gasteiger partial charge in [0.25, 0.3) is 0 Å². The fraction of sp³-hybridized carbons (Fsp3) is 0.409. The molecule has 0 atom stereocenters. The van der Waals surface area contributed by atoms with E-state index in [1.54, 1.807) is 32.0 Å².